The van der Waals surface area contributed by atoms with Crippen molar-refractivity contribution in [2.24, 2.45) is 5.92 Å². The van der Waals surface area contributed by atoms with Crippen molar-refractivity contribution < 1.29 is 19.1 Å². The normalized spacial score (nSPS) is 23.5. The van der Waals surface area contributed by atoms with E-state index in [1.54, 1.807) is 0 Å². The van der Waals surface area contributed by atoms with Gasteiger partial charge in [-0.25, -0.2) is 4.79 Å². The van der Waals surface area contributed by atoms with Gasteiger partial charge in [-0.3, -0.25) is 4.79 Å². The fourth-order valence-corrected chi connectivity index (χ4v) is 5.26. The van der Waals surface area contributed by atoms with Crippen LogP contribution in [0.15, 0.2) is 121 Å². The minimum absolute atomic E-state index is 0.0741. The number of rotatable bonds is 6. The standard InChI is InChI=1S/C31H26O4/c1-34-30(33)31(25-20-12-5-13-21-25)27(22-14-6-2-7-15-22)26(28(32)23-16-8-3-9-17-23)29(35-31)24-18-10-4-11-19-24/h2-21,26-27,29H,1H3/t26-,27+,29-,31-/m1/s1. The van der Waals surface area contributed by atoms with Crippen molar-refractivity contribution in [3.63, 3.8) is 0 Å². The van der Waals surface area contributed by atoms with Gasteiger partial charge in [-0.1, -0.05) is 121 Å². The zero-order chi connectivity index (χ0) is 24.3. The molecule has 0 aromatic heterocycles. The number of ketones is 1. The lowest BCUT2D eigenvalue weighted by Crippen LogP contribution is -2.42. The number of methoxy groups -OCH3 is 1. The summed E-state index contributed by atoms with van der Waals surface area (Å²) in [5, 5.41) is 0. The average Bonchev–Trinajstić information content (AvgIpc) is 3.31. The Kier molecular flexibility index (Phi) is 6.30. The van der Waals surface area contributed by atoms with Crippen molar-refractivity contribution in [1.82, 2.24) is 0 Å². The molecular formula is C31H26O4. The third kappa shape index (κ3) is 3.96. The maximum atomic E-state index is 14.2. The number of hydrogen-bond donors (Lipinski definition) is 0. The quantitative estimate of drug-likeness (QED) is 0.256. The maximum Gasteiger partial charge on any atom is 0.343 e. The lowest BCUT2D eigenvalue weighted by Gasteiger charge is -2.33. The molecule has 0 unspecified atom stereocenters. The zero-order valence-corrected chi connectivity index (χ0v) is 19.4. The molecule has 0 spiro atoms. The van der Waals surface area contributed by atoms with Crippen molar-refractivity contribution >= 4 is 11.8 Å². The zero-order valence-electron chi connectivity index (χ0n) is 19.4. The average molecular weight is 463 g/mol. The molecule has 0 radical (unpaired) electrons. The Morgan fingerprint density at radius 2 is 1.17 bits per heavy atom. The van der Waals surface area contributed by atoms with Crippen LogP contribution in [0.3, 0.4) is 0 Å². The van der Waals surface area contributed by atoms with Crippen LogP contribution in [0, 0.1) is 5.92 Å². The molecule has 0 N–H and O–H groups in total. The molecule has 1 saturated heterocycles. The molecule has 4 atom stereocenters. The van der Waals surface area contributed by atoms with Gasteiger partial charge in [0.2, 0.25) is 0 Å². The fraction of sp³-hybridized carbons (Fsp3) is 0.161. The highest BCUT2D eigenvalue weighted by atomic mass is 16.6. The molecule has 5 rings (SSSR count). The van der Waals surface area contributed by atoms with Crippen molar-refractivity contribution in [1.29, 1.82) is 0 Å². The van der Waals surface area contributed by atoms with Gasteiger partial charge in [-0.05, 0) is 16.7 Å². The summed E-state index contributed by atoms with van der Waals surface area (Å²) in [7, 11) is 1.36. The summed E-state index contributed by atoms with van der Waals surface area (Å²) in [6.45, 7) is 0. The fourth-order valence-electron chi connectivity index (χ4n) is 5.26. The Balaban J connectivity index is 1.80. The highest BCUT2D eigenvalue weighted by molar-refractivity contribution is 6.00. The van der Waals surface area contributed by atoms with E-state index in [1.165, 1.54) is 7.11 Å². The SMILES string of the molecule is COC(=O)[C@]1(c2ccccc2)O[C@H](c2ccccc2)[C@@H](C(=O)c2ccccc2)[C@@H]1c1ccccc1. The molecule has 174 valence electrons. The molecule has 0 bridgehead atoms. The lowest BCUT2D eigenvalue weighted by molar-refractivity contribution is -0.171. The van der Waals surface area contributed by atoms with E-state index < -0.39 is 29.5 Å². The molecule has 1 heterocycles. The largest absolute Gasteiger partial charge is 0.467 e. The van der Waals surface area contributed by atoms with Gasteiger partial charge in [0.15, 0.2) is 11.4 Å². The van der Waals surface area contributed by atoms with Crippen molar-refractivity contribution in [2.75, 3.05) is 7.11 Å². The van der Waals surface area contributed by atoms with E-state index in [2.05, 4.69) is 0 Å². The van der Waals surface area contributed by atoms with Crippen LogP contribution in [-0.2, 0) is 19.9 Å². The van der Waals surface area contributed by atoms with Crippen LogP contribution in [0.25, 0.3) is 0 Å². The molecule has 4 heteroatoms. The first-order valence-corrected chi connectivity index (χ1v) is 11.7. The lowest BCUT2D eigenvalue weighted by atomic mass is 9.69. The molecule has 1 aliphatic rings. The van der Waals surface area contributed by atoms with E-state index in [9.17, 15) is 9.59 Å². The van der Waals surface area contributed by atoms with E-state index in [0.717, 1.165) is 11.1 Å². The van der Waals surface area contributed by atoms with Crippen LogP contribution in [0.4, 0.5) is 0 Å². The van der Waals surface area contributed by atoms with Gasteiger partial charge in [-0.2, -0.15) is 0 Å². The van der Waals surface area contributed by atoms with Crippen LogP contribution >= 0.6 is 0 Å². The summed E-state index contributed by atoms with van der Waals surface area (Å²) in [6.07, 6.45) is -0.659. The minimum atomic E-state index is -1.51. The number of hydrogen-bond acceptors (Lipinski definition) is 4. The van der Waals surface area contributed by atoms with Crippen LogP contribution in [-0.4, -0.2) is 18.9 Å². The second kappa shape index (κ2) is 9.69. The third-order valence-corrected chi connectivity index (χ3v) is 6.78. The molecular weight excluding hydrogens is 436 g/mol. The van der Waals surface area contributed by atoms with Crippen LogP contribution in [0.1, 0.15) is 39.1 Å². The Bertz CT molecular complexity index is 1290. The molecule has 35 heavy (non-hydrogen) atoms. The summed E-state index contributed by atoms with van der Waals surface area (Å²) >= 11 is 0. The van der Waals surface area contributed by atoms with E-state index in [1.807, 2.05) is 121 Å². The van der Waals surface area contributed by atoms with Crippen LogP contribution in [0.2, 0.25) is 0 Å². The number of carbonyl (C=O) groups excluding carboxylic acids is 2. The van der Waals surface area contributed by atoms with Crippen molar-refractivity contribution in [3.8, 4) is 0 Å². The predicted molar refractivity (Wildman–Crippen MR) is 134 cm³/mol. The molecule has 1 aliphatic heterocycles. The van der Waals surface area contributed by atoms with E-state index in [4.69, 9.17) is 9.47 Å². The van der Waals surface area contributed by atoms with Gasteiger partial charge in [0, 0.05) is 11.5 Å². The molecule has 1 fully saturated rings. The second-order valence-corrected chi connectivity index (χ2v) is 8.69. The van der Waals surface area contributed by atoms with Gasteiger partial charge in [-0.15, -0.1) is 0 Å². The topological polar surface area (TPSA) is 52.6 Å². The number of carbonyl (C=O) groups is 2. The number of Topliss-reactive ketones (excluding diaryl/α,β-unsaturated/α-hetero) is 1. The van der Waals surface area contributed by atoms with Gasteiger partial charge >= 0.3 is 5.97 Å². The number of esters is 1. The monoisotopic (exact) mass is 462 g/mol. The Hall–Kier alpha value is -4.02. The molecule has 4 nitrogen and oxygen atoms in total. The molecule has 0 amide bonds. The highest BCUT2D eigenvalue weighted by Crippen LogP contribution is 2.59. The van der Waals surface area contributed by atoms with Gasteiger partial charge in [0.05, 0.1) is 19.1 Å². The van der Waals surface area contributed by atoms with Gasteiger partial charge in [0.1, 0.15) is 0 Å². The summed E-state index contributed by atoms with van der Waals surface area (Å²) < 4.78 is 12.2. The maximum absolute atomic E-state index is 14.2. The number of benzene rings is 4. The molecule has 0 aliphatic carbocycles. The summed E-state index contributed by atoms with van der Waals surface area (Å²) in [5.41, 5.74) is 1.41. The highest BCUT2D eigenvalue weighted by Gasteiger charge is 2.63. The van der Waals surface area contributed by atoms with Crippen LogP contribution < -0.4 is 0 Å². The Labute approximate surface area is 205 Å². The molecule has 0 saturated carbocycles. The van der Waals surface area contributed by atoms with Crippen LogP contribution in [0.5, 0.6) is 0 Å². The van der Waals surface area contributed by atoms with Gasteiger partial charge < -0.3 is 9.47 Å². The number of ether oxygens (including phenoxy) is 2. The van der Waals surface area contributed by atoms with E-state index >= 15 is 0 Å². The third-order valence-electron chi connectivity index (χ3n) is 6.78. The first kappa shape index (κ1) is 22.8. The molecule has 4 aromatic carbocycles. The summed E-state index contributed by atoms with van der Waals surface area (Å²) in [4.78, 5) is 28.0. The van der Waals surface area contributed by atoms with Gasteiger partial charge in [0.25, 0.3) is 0 Å². The molecule has 4 aromatic rings. The predicted octanol–water partition coefficient (Wildman–Crippen LogP) is 6.11. The van der Waals surface area contributed by atoms with E-state index in [0.29, 0.717) is 11.1 Å². The minimum Gasteiger partial charge on any atom is -0.467 e. The summed E-state index contributed by atoms with van der Waals surface area (Å²) in [5.74, 6) is -1.88. The Morgan fingerprint density at radius 3 is 1.71 bits per heavy atom. The van der Waals surface area contributed by atoms with Crippen molar-refractivity contribution in [2.45, 2.75) is 17.6 Å². The first-order valence-electron chi connectivity index (χ1n) is 11.7. The van der Waals surface area contributed by atoms with Crippen molar-refractivity contribution in [3.05, 3.63) is 144 Å². The Morgan fingerprint density at radius 1 is 0.686 bits per heavy atom. The van der Waals surface area contributed by atoms with E-state index in [-0.39, 0.29) is 5.78 Å². The second-order valence-electron chi connectivity index (χ2n) is 8.69. The smallest absolute Gasteiger partial charge is 0.343 e. The first-order chi connectivity index (χ1) is 17.2. The summed E-state index contributed by atoms with van der Waals surface area (Å²) in [6, 6.07) is 37.9.